The van der Waals surface area contributed by atoms with E-state index in [1.165, 1.54) is 4.90 Å². The molecular weight excluding hydrogens is 444 g/mol. The van der Waals surface area contributed by atoms with Gasteiger partial charge in [-0.1, -0.05) is 37.4 Å². The number of aliphatic hydroxyl groups is 1. The third-order valence-corrected chi connectivity index (χ3v) is 5.70. The third kappa shape index (κ3) is 5.81. The predicted molar refractivity (Wildman–Crippen MR) is 137 cm³/mol. The van der Waals surface area contributed by atoms with Crippen molar-refractivity contribution in [2.24, 2.45) is 0 Å². The van der Waals surface area contributed by atoms with Crippen LogP contribution in [0.15, 0.2) is 73.3 Å². The highest BCUT2D eigenvalue weighted by molar-refractivity contribution is 6.46. The van der Waals surface area contributed by atoms with Crippen LogP contribution in [0.3, 0.4) is 0 Å². The molecule has 0 radical (unpaired) electrons. The summed E-state index contributed by atoms with van der Waals surface area (Å²) in [4.78, 5) is 29.7. The van der Waals surface area contributed by atoms with Crippen LogP contribution < -0.4 is 9.47 Å². The molecule has 35 heavy (non-hydrogen) atoms. The van der Waals surface area contributed by atoms with Gasteiger partial charge in [-0.15, -0.1) is 0 Å². The van der Waals surface area contributed by atoms with Gasteiger partial charge in [0.2, 0.25) is 0 Å². The minimum atomic E-state index is -0.722. The number of hydrogen-bond acceptors (Lipinski definition) is 6. The van der Waals surface area contributed by atoms with Gasteiger partial charge in [-0.25, -0.2) is 0 Å². The van der Waals surface area contributed by atoms with Crippen LogP contribution in [-0.4, -0.2) is 67.0 Å². The molecule has 184 valence electrons. The van der Waals surface area contributed by atoms with Gasteiger partial charge in [0.15, 0.2) is 0 Å². The number of nitrogens with zero attached hydrogens (tertiary/aromatic N) is 2. The fourth-order valence-electron chi connectivity index (χ4n) is 3.93. The van der Waals surface area contributed by atoms with E-state index < -0.39 is 17.7 Å². The first-order chi connectivity index (χ1) is 16.8. The SMILES string of the molecule is C=CCOc1ccc(C2/C(=C(\O)c3ccc(OCC=C)c(C)c3)C(=O)C(=O)N2CCN(C)C)cc1. The Kier molecular flexibility index (Phi) is 8.49. The normalized spacial score (nSPS) is 17.0. The Bertz CT molecular complexity index is 1130. The molecule has 0 bridgehead atoms. The number of amides is 1. The fraction of sp³-hybridized carbons (Fsp3) is 0.286. The Hall–Kier alpha value is -3.84. The maximum Gasteiger partial charge on any atom is 0.295 e. The third-order valence-electron chi connectivity index (χ3n) is 5.70. The number of Topliss-reactive ketones (excluding diaryl/α,β-unsaturated/α-hetero) is 1. The molecular formula is C28H32N2O5. The van der Waals surface area contributed by atoms with Crippen molar-refractivity contribution >= 4 is 17.4 Å². The van der Waals surface area contributed by atoms with Crippen LogP contribution in [0.2, 0.25) is 0 Å². The molecule has 0 saturated carbocycles. The monoisotopic (exact) mass is 476 g/mol. The Morgan fingerprint density at radius 1 is 1.06 bits per heavy atom. The average molecular weight is 477 g/mol. The van der Waals surface area contributed by atoms with Crippen LogP contribution in [0.4, 0.5) is 0 Å². The van der Waals surface area contributed by atoms with Crippen molar-refractivity contribution < 1.29 is 24.2 Å². The van der Waals surface area contributed by atoms with Gasteiger partial charge in [-0.3, -0.25) is 9.59 Å². The van der Waals surface area contributed by atoms with Crippen LogP contribution in [0.25, 0.3) is 5.76 Å². The summed E-state index contributed by atoms with van der Waals surface area (Å²) in [5.74, 6) is -0.258. The summed E-state index contributed by atoms with van der Waals surface area (Å²) in [5, 5.41) is 11.3. The number of rotatable bonds is 11. The van der Waals surface area contributed by atoms with Gasteiger partial charge in [-0.2, -0.15) is 0 Å². The zero-order chi connectivity index (χ0) is 25.5. The summed E-state index contributed by atoms with van der Waals surface area (Å²) >= 11 is 0. The van der Waals surface area contributed by atoms with Crippen LogP contribution >= 0.6 is 0 Å². The highest BCUT2D eigenvalue weighted by Gasteiger charge is 2.45. The number of aryl methyl sites for hydroxylation is 1. The first-order valence-electron chi connectivity index (χ1n) is 11.4. The minimum Gasteiger partial charge on any atom is -0.507 e. The van der Waals surface area contributed by atoms with E-state index in [-0.39, 0.29) is 11.3 Å². The maximum atomic E-state index is 13.2. The van der Waals surface area contributed by atoms with Crippen molar-refractivity contribution in [3.8, 4) is 11.5 Å². The fourth-order valence-corrected chi connectivity index (χ4v) is 3.93. The van der Waals surface area contributed by atoms with Gasteiger partial charge in [0.1, 0.15) is 30.5 Å². The van der Waals surface area contributed by atoms with E-state index in [1.807, 2.05) is 38.1 Å². The molecule has 3 rings (SSSR count). The summed E-state index contributed by atoms with van der Waals surface area (Å²) in [6.07, 6.45) is 3.30. The molecule has 0 spiro atoms. The van der Waals surface area contributed by atoms with E-state index in [1.54, 1.807) is 42.5 Å². The van der Waals surface area contributed by atoms with Crippen molar-refractivity contribution in [1.29, 1.82) is 0 Å². The average Bonchev–Trinajstić information content (AvgIpc) is 3.10. The summed E-state index contributed by atoms with van der Waals surface area (Å²) in [6.45, 7) is 10.8. The summed E-state index contributed by atoms with van der Waals surface area (Å²) in [7, 11) is 3.80. The largest absolute Gasteiger partial charge is 0.507 e. The number of carbonyl (C=O) groups excluding carboxylic acids is 2. The van der Waals surface area contributed by atoms with Crippen molar-refractivity contribution in [1.82, 2.24) is 9.80 Å². The Balaban J connectivity index is 2.07. The molecule has 1 fully saturated rings. The van der Waals surface area contributed by atoms with Crippen LogP contribution in [-0.2, 0) is 9.59 Å². The zero-order valence-corrected chi connectivity index (χ0v) is 20.5. The number of carbonyl (C=O) groups is 2. The molecule has 1 atom stereocenters. The van der Waals surface area contributed by atoms with E-state index in [0.717, 1.165) is 5.56 Å². The molecule has 1 aliphatic rings. The summed E-state index contributed by atoms with van der Waals surface area (Å²) in [6, 6.07) is 11.6. The zero-order valence-electron chi connectivity index (χ0n) is 20.5. The molecule has 1 N–H and O–H groups in total. The van der Waals surface area contributed by atoms with Gasteiger partial charge in [0, 0.05) is 18.7 Å². The molecule has 7 nitrogen and oxygen atoms in total. The van der Waals surface area contributed by atoms with Crippen molar-refractivity contribution in [3.63, 3.8) is 0 Å². The van der Waals surface area contributed by atoms with Crippen molar-refractivity contribution in [2.75, 3.05) is 40.4 Å². The molecule has 2 aromatic rings. The molecule has 7 heteroatoms. The van der Waals surface area contributed by atoms with Crippen LogP contribution in [0.5, 0.6) is 11.5 Å². The summed E-state index contributed by atoms with van der Waals surface area (Å²) in [5.41, 5.74) is 2.00. The number of likely N-dealkylation sites (tertiary alicyclic amines) is 1. The van der Waals surface area contributed by atoms with Gasteiger partial charge in [0.25, 0.3) is 11.7 Å². The standard InChI is InChI=1S/C28H32N2O5/c1-6-16-34-22-11-8-20(9-12-22)25-24(27(32)28(33)30(25)15-14-29(4)5)26(31)21-10-13-23(19(3)18-21)35-17-7-2/h6-13,18,25,31H,1-2,14-17H2,3-5H3/b26-24+. The number of ketones is 1. The second kappa shape index (κ2) is 11.5. The Morgan fingerprint density at radius 3 is 2.31 bits per heavy atom. The first-order valence-corrected chi connectivity index (χ1v) is 11.4. The maximum absolute atomic E-state index is 13.2. The molecule has 1 unspecified atom stereocenters. The van der Waals surface area contributed by atoms with E-state index in [0.29, 0.717) is 48.9 Å². The number of ether oxygens (including phenoxy) is 2. The Morgan fingerprint density at radius 2 is 1.71 bits per heavy atom. The molecule has 1 saturated heterocycles. The molecule has 1 amide bonds. The highest BCUT2D eigenvalue weighted by atomic mass is 16.5. The Labute approximate surface area is 206 Å². The predicted octanol–water partition coefficient (Wildman–Crippen LogP) is 4.11. The molecule has 1 heterocycles. The van der Waals surface area contributed by atoms with Gasteiger partial charge in [0.05, 0.1) is 11.6 Å². The highest BCUT2D eigenvalue weighted by Crippen LogP contribution is 2.40. The van der Waals surface area contributed by atoms with Crippen LogP contribution in [0.1, 0.15) is 22.7 Å². The number of aliphatic hydroxyl groups excluding tert-OH is 1. The van der Waals surface area contributed by atoms with Gasteiger partial charge >= 0.3 is 0 Å². The van der Waals surface area contributed by atoms with E-state index in [4.69, 9.17) is 9.47 Å². The van der Waals surface area contributed by atoms with Crippen LogP contribution in [0, 0.1) is 6.92 Å². The van der Waals surface area contributed by atoms with Crippen molar-refractivity contribution in [3.05, 3.63) is 90.0 Å². The number of likely N-dealkylation sites (N-methyl/N-ethyl adjacent to an activating group) is 1. The molecule has 0 aliphatic carbocycles. The topological polar surface area (TPSA) is 79.3 Å². The lowest BCUT2D eigenvalue weighted by molar-refractivity contribution is -0.140. The quantitative estimate of drug-likeness (QED) is 0.228. The smallest absolute Gasteiger partial charge is 0.295 e. The van der Waals surface area contributed by atoms with E-state index in [9.17, 15) is 14.7 Å². The first kappa shape index (κ1) is 25.8. The number of hydrogen-bond donors (Lipinski definition) is 1. The van der Waals surface area contributed by atoms with Gasteiger partial charge in [-0.05, 0) is 62.5 Å². The molecule has 1 aliphatic heterocycles. The molecule has 0 aromatic heterocycles. The van der Waals surface area contributed by atoms with E-state index in [2.05, 4.69) is 13.2 Å². The lowest BCUT2D eigenvalue weighted by Gasteiger charge is -2.26. The second-order valence-electron chi connectivity index (χ2n) is 8.54. The van der Waals surface area contributed by atoms with E-state index >= 15 is 0 Å². The number of benzene rings is 2. The second-order valence-corrected chi connectivity index (χ2v) is 8.54. The van der Waals surface area contributed by atoms with Gasteiger partial charge < -0.3 is 24.4 Å². The molecule has 2 aromatic carbocycles. The lowest BCUT2D eigenvalue weighted by atomic mass is 9.94. The minimum absolute atomic E-state index is 0.0627. The lowest BCUT2D eigenvalue weighted by Crippen LogP contribution is -2.35. The summed E-state index contributed by atoms with van der Waals surface area (Å²) < 4.78 is 11.2. The van der Waals surface area contributed by atoms with Crippen molar-refractivity contribution in [2.45, 2.75) is 13.0 Å².